The Morgan fingerprint density at radius 2 is 1.18 bits per heavy atom. The minimum atomic E-state index is 0.695. The third-order valence-electron chi connectivity index (χ3n) is 4.98. The summed E-state index contributed by atoms with van der Waals surface area (Å²) in [6, 6.07) is 9.64. The Bertz CT molecular complexity index is 573. The van der Waals surface area contributed by atoms with Crippen molar-refractivity contribution in [2.24, 2.45) is 0 Å². The highest BCUT2D eigenvalue weighted by molar-refractivity contribution is 7.99. The molecule has 0 spiro atoms. The Morgan fingerprint density at radius 3 is 1.75 bits per heavy atom. The van der Waals surface area contributed by atoms with Crippen molar-refractivity contribution in [2.75, 3.05) is 11.5 Å². The fourth-order valence-electron chi connectivity index (χ4n) is 3.18. The van der Waals surface area contributed by atoms with Crippen LogP contribution < -0.4 is 0 Å². The Morgan fingerprint density at radius 1 is 0.679 bits per heavy atom. The van der Waals surface area contributed by atoms with E-state index in [0.717, 1.165) is 12.0 Å². The van der Waals surface area contributed by atoms with Gasteiger partial charge in [-0.3, -0.25) is 0 Å². The number of thioether (sulfide) groups is 1. The van der Waals surface area contributed by atoms with Gasteiger partial charge in [-0.1, -0.05) is 83.0 Å². The van der Waals surface area contributed by atoms with Gasteiger partial charge in [-0.15, -0.1) is 0 Å². The first kappa shape index (κ1) is 24.7. The van der Waals surface area contributed by atoms with Crippen LogP contribution in [0.25, 0.3) is 0 Å². The van der Waals surface area contributed by atoms with Crippen molar-refractivity contribution in [3.05, 3.63) is 35.4 Å². The second kappa shape index (κ2) is 19.0. The lowest BCUT2D eigenvalue weighted by atomic mass is 10.1. The van der Waals surface area contributed by atoms with Crippen LogP contribution in [0.2, 0.25) is 0 Å². The molecule has 0 aliphatic carbocycles. The molecule has 1 nitrogen and oxygen atoms in total. The zero-order valence-corrected chi connectivity index (χ0v) is 18.8. The van der Waals surface area contributed by atoms with Crippen molar-refractivity contribution in [1.29, 1.82) is 5.26 Å². The molecule has 0 aromatic heterocycles. The van der Waals surface area contributed by atoms with Crippen LogP contribution in [0.5, 0.6) is 0 Å². The van der Waals surface area contributed by atoms with Crippen LogP contribution in [-0.2, 0) is 0 Å². The fraction of sp³-hybridized carbons (Fsp3) is 0.654. The zero-order chi connectivity index (χ0) is 20.1. The molecule has 0 fully saturated rings. The molecule has 2 heteroatoms. The van der Waals surface area contributed by atoms with Crippen LogP contribution in [0.3, 0.4) is 0 Å². The van der Waals surface area contributed by atoms with Gasteiger partial charge in [0.25, 0.3) is 0 Å². The molecular formula is C26H39NS. The minimum absolute atomic E-state index is 0.695. The lowest BCUT2D eigenvalue weighted by Crippen LogP contribution is -1.86. The molecule has 0 atom stereocenters. The average Bonchev–Trinajstić information content (AvgIpc) is 2.73. The van der Waals surface area contributed by atoms with Crippen LogP contribution in [-0.4, -0.2) is 11.5 Å². The maximum absolute atomic E-state index is 8.78. The SMILES string of the molecule is CCCCCCCCCCCCSCCCCCC#Cc1ccc(C#N)cc1. The third-order valence-corrected chi connectivity index (χ3v) is 6.13. The molecule has 0 saturated heterocycles. The molecular weight excluding hydrogens is 358 g/mol. The van der Waals surface area contributed by atoms with Crippen molar-refractivity contribution in [3.63, 3.8) is 0 Å². The first-order chi connectivity index (χ1) is 13.9. The Balaban J connectivity index is 1.81. The van der Waals surface area contributed by atoms with Gasteiger partial charge in [0.1, 0.15) is 0 Å². The van der Waals surface area contributed by atoms with E-state index < -0.39 is 0 Å². The van der Waals surface area contributed by atoms with Crippen molar-refractivity contribution in [3.8, 4) is 17.9 Å². The first-order valence-corrected chi connectivity index (χ1v) is 12.6. The Labute approximate surface area is 178 Å². The van der Waals surface area contributed by atoms with E-state index in [2.05, 4.69) is 36.6 Å². The summed E-state index contributed by atoms with van der Waals surface area (Å²) in [7, 11) is 0. The van der Waals surface area contributed by atoms with Crippen LogP contribution in [0, 0.1) is 23.2 Å². The molecule has 0 amide bonds. The number of hydrogen-bond donors (Lipinski definition) is 0. The van der Waals surface area contributed by atoms with E-state index in [1.165, 1.54) is 95.0 Å². The molecule has 28 heavy (non-hydrogen) atoms. The summed E-state index contributed by atoms with van der Waals surface area (Å²) in [6.07, 6.45) is 19.0. The van der Waals surface area contributed by atoms with Gasteiger partial charge in [0, 0.05) is 12.0 Å². The molecule has 0 heterocycles. The van der Waals surface area contributed by atoms with Gasteiger partial charge < -0.3 is 0 Å². The van der Waals surface area contributed by atoms with Gasteiger partial charge in [-0.2, -0.15) is 17.0 Å². The fourth-order valence-corrected chi connectivity index (χ4v) is 4.20. The molecule has 154 valence electrons. The lowest BCUT2D eigenvalue weighted by molar-refractivity contribution is 0.563. The van der Waals surface area contributed by atoms with Crippen molar-refractivity contribution < 1.29 is 0 Å². The van der Waals surface area contributed by atoms with Crippen molar-refractivity contribution >= 4 is 11.8 Å². The summed E-state index contributed by atoms with van der Waals surface area (Å²) in [5, 5.41) is 8.78. The summed E-state index contributed by atoms with van der Waals surface area (Å²) in [6.45, 7) is 2.29. The number of rotatable bonds is 16. The quantitative estimate of drug-likeness (QED) is 0.208. The summed E-state index contributed by atoms with van der Waals surface area (Å²) in [4.78, 5) is 0. The van der Waals surface area contributed by atoms with E-state index in [4.69, 9.17) is 5.26 Å². The van der Waals surface area contributed by atoms with Crippen LogP contribution in [0.4, 0.5) is 0 Å². The summed E-state index contributed by atoms with van der Waals surface area (Å²) in [5.41, 5.74) is 1.70. The van der Waals surface area contributed by atoms with Crippen LogP contribution in [0.15, 0.2) is 24.3 Å². The van der Waals surface area contributed by atoms with Crippen LogP contribution >= 0.6 is 11.8 Å². The van der Waals surface area contributed by atoms with E-state index in [1.807, 2.05) is 24.3 Å². The minimum Gasteiger partial charge on any atom is -0.192 e. The molecule has 0 bridgehead atoms. The second-order valence-corrected chi connectivity index (χ2v) is 8.82. The number of nitriles is 1. The summed E-state index contributed by atoms with van der Waals surface area (Å²) in [5.74, 6) is 9.08. The number of hydrogen-bond acceptors (Lipinski definition) is 2. The predicted molar refractivity (Wildman–Crippen MR) is 126 cm³/mol. The topological polar surface area (TPSA) is 23.8 Å². The van der Waals surface area contributed by atoms with Gasteiger partial charge in [0.05, 0.1) is 11.6 Å². The van der Waals surface area contributed by atoms with E-state index in [9.17, 15) is 0 Å². The van der Waals surface area contributed by atoms with Gasteiger partial charge in [0.15, 0.2) is 0 Å². The lowest BCUT2D eigenvalue weighted by Gasteiger charge is -2.03. The van der Waals surface area contributed by atoms with Crippen molar-refractivity contribution in [1.82, 2.24) is 0 Å². The number of unbranched alkanes of at least 4 members (excludes halogenated alkanes) is 12. The van der Waals surface area contributed by atoms with E-state index in [-0.39, 0.29) is 0 Å². The molecule has 1 rings (SSSR count). The molecule has 0 N–H and O–H groups in total. The average molecular weight is 398 g/mol. The standard InChI is InChI=1S/C26H39NS/c1-2-3-4-5-6-7-8-9-12-15-22-28-23-16-13-10-11-14-17-25-18-20-26(24-27)21-19-25/h18-21H,2-13,15-16,22-23H2,1H3. The third kappa shape index (κ3) is 14.6. The Hall–Kier alpha value is -1.38. The Kier molecular flexibility index (Phi) is 16.7. The summed E-state index contributed by atoms with van der Waals surface area (Å²) < 4.78 is 0. The van der Waals surface area contributed by atoms with Crippen molar-refractivity contribution in [2.45, 2.75) is 96.8 Å². The normalized spacial score (nSPS) is 10.3. The molecule has 0 unspecified atom stereocenters. The number of benzene rings is 1. The molecule has 0 saturated carbocycles. The van der Waals surface area contributed by atoms with Gasteiger partial charge in [0.2, 0.25) is 0 Å². The molecule has 0 aliphatic rings. The van der Waals surface area contributed by atoms with Crippen LogP contribution in [0.1, 0.15) is 108 Å². The van der Waals surface area contributed by atoms with Gasteiger partial charge in [-0.25, -0.2) is 0 Å². The number of nitrogens with zero attached hydrogens (tertiary/aromatic N) is 1. The smallest absolute Gasteiger partial charge is 0.0991 e. The maximum atomic E-state index is 8.78. The molecule has 1 aromatic carbocycles. The van der Waals surface area contributed by atoms with E-state index >= 15 is 0 Å². The zero-order valence-electron chi connectivity index (χ0n) is 18.0. The molecule has 0 radical (unpaired) electrons. The second-order valence-electron chi connectivity index (χ2n) is 7.60. The van der Waals surface area contributed by atoms with E-state index in [1.54, 1.807) is 0 Å². The highest BCUT2D eigenvalue weighted by atomic mass is 32.2. The maximum Gasteiger partial charge on any atom is 0.0991 e. The van der Waals surface area contributed by atoms with Gasteiger partial charge >= 0.3 is 0 Å². The molecule has 1 aromatic rings. The summed E-state index contributed by atoms with van der Waals surface area (Å²) >= 11 is 2.13. The monoisotopic (exact) mass is 397 g/mol. The largest absolute Gasteiger partial charge is 0.192 e. The van der Waals surface area contributed by atoms with Gasteiger partial charge in [-0.05, 0) is 55.0 Å². The highest BCUT2D eigenvalue weighted by Gasteiger charge is 1.94. The predicted octanol–water partition coefficient (Wildman–Crippen LogP) is 8.12. The van der Waals surface area contributed by atoms with E-state index in [0.29, 0.717) is 5.56 Å². The molecule has 0 aliphatic heterocycles. The first-order valence-electron chi connectivity index (χ1n) is 11.4. The highest BCUT2D eigenvalue weighted by Crippen LogP contribution is 2.14.